The van der Waals surface area contributed by atoms with Crippen LogP contribution in [-0.2, 0) is 0 Å². The molecule has 0 saturated carbocycles. The highest BCUT2D eigenvalue weighted by Crippen LogP contribution is 2.26. The van der Waals surface area contributed by atoms with Crippen LogP contribution >= 0.6 is 11.3 Å². The van der Waals surface area contributed by atoms with Crippen molar-refractivity contribution in [2.45, 2.75) is 32.3 Å². The van der Waals surface area contributed by atoms with Crippen LogP contribution in [-0.4, -0.2) is 24.2 Å². The first-order chi connectivity index (χ1) is 9.81. The number of hydrogen-bond acceptors (Lipinski definition) is 4. The van der Waals surface area contributed by atoms with Gasteiger partial charge in [0.25, 0.3) is 0 Å². The molecule has 1 atom stereocenters. The zero-order chi connectivity index (χ0) is 13.8. The molecular weight excluding hydrogens is 268 g/mol. The van der Waals surface area contributed by atoms with Gasteiger partial charge < -0.3 is 10.1 Å². The lowest BCUT2D eigenvalue weighted by atomic mass is 10.1. The summed E-state index contributed by atoms with van der Waals surface area (Å²) in [6.45, 7) is 4.20. The topological polar surface area (TPSA) is 34.1 Å². The van der Waals surface area contributed by atoms with Crippen LogP contribution in [0.15, 0.2) is 29.6 Å². The van der Waals surface area contributed by atoms with Crippen molar-refractivity contribution in [3.8, 4) is 16.3 Å². The monoisotopic (exact) mass is 288 g/mol. The van der Waals surface area contributed by atoms with Crippen molar-refractivity contribution in [3.63, 3.8) is 0 Å². The Morgan fingerprint density at radius 1 is 1.20 bits per heavy atom. The van der Waals surface area contributed by atoms with Crippen molar-refractivity contribution in [1.29, 1.82) is 0 Å². The molecule has 1 unspecified atom stereocenters. The van der Waals surface area contributed by atoms with Crippen LogP contribution < -0.4 is 10.1 Å². The maximum absolute atomic E-state index is 6.07. The fourth-order valence-electron chi connectivity index (χ4n) is 2.46. The number of hydrogen-bond donors (Lipinski definition) is 1. The van der Waals surface area contributed by atoms with Gasteiger partial charge in [0.1, 0.15) is 10.8 Å². The summed E-state index contributed by atoms with van der Waals surface area (Å²) >= 11 is 1.69. The van der Waals surface area contributed by atoms with E-state index >= 15 is 0 Å². The number of ether oxygens (including phenoxy) is 1. The van der Waals surface area contributed by atoms with Gasteiger partial charge in [-0.3, -0.25) is 0 Å². The molecule has 1 aliphatic heterocycles. The molecular formula is C16H20N2OS. The van der Waals surface area contributed by atoms with E-state index in [2.05, 4.69) is 39.9 Å². The quantitative estimate of drug-likeness (QED) is 0.936. The smallest absolute Gasteiger partial charge is 0.123 e. The first-order valence-corrected chi connectivity index (χ1v) is 8.09. The van der Waals surface area contributed by atoms with Crippen LogP contribution in [0, 0.1) is 6.92 Å². The molecule has 1 N–H and O–H groups in total. The maximum Gasteiger partial charge on any atom is 0.123 e. The average Bonchev–Trinajstić information content (AvgIpc) is 2.73. The Bertz CT molecular complexity index is 542. The van der Waals surface area contributed by atoms with E-state index in [1.54, 1.807) is 11.3 Å². The summed E-state index contributed by atoms with van der Waals surface area (Å²) in [6, 6.07) is 8.32. The van der Waals surface area contributed by atoms with E-state index in [4.69, 9.17) is 4.74 Å². The minimum atomic E-state index is 0.345. The first-order valence-electron chi connectivity index (χ1n) is 7.21. The number of nitrogens with one attached hydrogen (secondary N) is 1. The van der Waals surface area contributed by atoms with Gasteiger partial charge in [0.15, 0.2) is 0 Å². The van der Waals surface area contributed by atoms with Crippen LogP contribution in [0.25, 0.3) is 10.6 Å². The molecule has 1 aromatic carbocycles. The van der Waals surface area contributed by atoms with Crippen LogP contribution in [0.5, 0.6) is 5.75 Å². The van der Waals surface area contributed by atoms with Crippen LogP contribution in [0.4, 0.5) is 0 Å². The molecule has 0 aliphatic carbocycles. The number of rotatable bonds is 3. The van der Waals surface area contributed by atoms with E-state index in [0.29, 0.717) is 6.10 Å². The van der Waals surface area contributed by atoms with Gasteiger partial charge in [-0.1, -0.05) is 0 Å². The van der Waals surface area contributed by atoms with E-state index in [1.165, 1.54) is 6.42 Å². The van der Waals surface area contributed by atoms with Gasteiger partial charge >= 0.3 is 0 Å². The number of benzene rings is 1. The second-order valence-corrected chi connectivity index (χ2v) is 6.10. The van der Waals surface area contributed by atoms with Crippen molar-refractivity contribution in [1.82, 2.24) is 10.3 Å². The Morgan fingerprint density at radius 3 is 2.80 bits per heavy atom. The van der Waals surface area contributed by atoms with Crippen LogP contribution in [0.1, 0.15) is 25.0 Å². The molecule has 20 heavy (non-hydrogen) atoms. The van der Waals surface area contributed by atoms with Crippen molar-refractivity contribution in [2.75, 3.05) is 13.1 Å². The molecule has 1 aromatic heterocycles. The summed E-state index contributed by atoms with van der Waals surface area (Å²) in [5.41, 5.74) is 2.24. The standard InChI is InChI=1S/C16H20N2OS/c1-12-11-20-16(18-12)13-4-6-15(7-5-13)19-14-3-2-9-17-10-8-14/h4-7,11,14,17H,2-3,8-10H2,1H3. The molecule has 106 valence electrons. The fraction of sp³-hybridized carbons (Fsp3) is 0.438. The zero-order valence-electron chi connectivity index (χ0n) is 11.8. The van der Waals surface area contributed by atoms with Gasteiger partial charge in [-0.25, -0.2) is 4.98 Å². The van der Waals surface area contributed by atoms with Crippen molar-refractivity contribution in [3.05, 3.63) is 35.3 Å². The van der Waals surface area contributed by atoms with Gasteiger partial charge in [0.2, 0.25) is 0 Å². The summed E-state index contributed by atoms with van der Waals surface area (Å²) in [6.07, 6.45) is 3.77. The molecule has 2 heterocycles. The largest absolute Gasteiger partial charge is 0.490 e. The third kappa shape index (κ3) is 3.38. The highest BCUT2D eigenvalue weighted by Gasteiger charge is 2.13. The number of aryl methyl sites for hydroxylation is 1. The average molecular weight is 288 g/mol. The predicted octanol–water partition coefficient (Wildman–Crippen LogP) is 3.64. The fourth-order valence-corrected chi connectivity index (χ4v) is 3.26. The SMILES string of the molecule is Cc1csc(-c2ccc(OC3CCCNCC3)cc2)n1. The third-order valence-corrected chi connectivity index (χ3v) is 4.55. The number of thiazole rings is 1. The second kappa shape index (κ2) is 6.37. The molecule has 1 fully saturated rings. The van der Waals surface area contributed by atoms with Crippen LogP contribution in [0.3, 0.4) is 0 Å². The van der Waals surface area contributed by atoms with Gasteiger partial charge in [0.05, 0.1) is 6.10 Å². The summed E-state index contributed by atoms with van der Waals surface area (Å²) in [4.78, 5) is 4.51. The first kappa shape index (κ1) is 13.6. The summed E-state index contributed by atoms with van der Waals surface area (Å²) in [5, 5.41) is 6.57. The number of aromatic nitrogens is 1. The number of nitrogens with zero attached hydrogens (tertiary/aromatic N) is 1. The Hall–Kier alpha value is -1.39. The van der Waals surface area contributed by atoms with Gasteiger partial charge in [-0.15, -0.1) is 11.3 Å². The Labute approximate surface area is 124 Å². The van der Waals surface area contributed by atoms with Crippen molar-refractivity contribution in [2.24, 2.45) is 0 Å². The van der Waals surface area contributed by atoms with E-state index < -0.39 is 0 Å². The molecule has 1 aliphatic rings. The third-order valence-electron chi connectivity index (χ3n) is 3.55. The van der Waals surface area contributed by atoms with Crippen LogP contribution in [0.2, 0.25) is 0 Å². The predicted molar refractivity (Wildman–Crippen MR) is 83.4 cm³/mol. The second-order valence-electron chi connectivity index (χ2n) is 5.24. The Kier molecular flexibility index (Phi) is 4.33. The molecule has 3 nitrogen and oxygen atoms in total. The van der Waals surface area contributed by atoms with E-state index in [1.807, 2.05) is 6.92 Å². The van der Waals surface area contributed by atoms with Gasteiger partial charge in [-0.2, -0.15) is 0 Å². The van der Waals surface area contributed by atoms with Gasteiger partial charge in [-0.05, 0) is 63.5 Å². The summed E-state index contributed by atoms with van der Waals surface area (Å²) in [5.74, 6) is 0.967. The molecule has 4 heteroatoms. The maximum atomic E-state index is 6.07. The lowest BCUT2D eigenvalue weighted by Gasteiger charge is -2.16. The van der Waals surface area contributed by atoms with Crippen molar-refractivity contribution < 1.29 is 4.74 Å². The van der Waals surface area contributed by atoms with Crippen molar-refractivity contribution >= 4 is 11.3 Å². The minimum absolute atomic E-state index is 0.345. The molecule has 3 rings (SSSR count). The summed E-state index contributed by atoms with van der Waals surface area (Å²) < 4.78 is 6.07. The molecule has 0 spiro atoms. The highest BCUT2D eigenvalue weighted by molar-refractivity contribution is 7.13. The molecule has 0 amide bonds. The molecule has 0 bridgehead atoms. The lowest BCUT2D eigenvalue weighted by molar-refractivity contribution is 0.187. The Balaban J connectivity index is 1.66. The molecule has 1 saturated heterocycles. The molecule has 0 radical (unpaired) electrons. The highest BCUT2D eigenvalue weighted by atomic mass is 32.1. The van der Waals surface area contributed by atoms with E-state index in [0.717, 1.165) is 47.9 Å². The lowest BCUT2D eigenvalue weighted by Crippen LogP contribution is -2.19. The van der Waals surface area contributed by atoms with E-state index in [-0.39, 0.29) is 0 Å². The van der Waals surface area contributed by atoms with E-state index in [9.17, 15) is 0 Å². The minimum Gasteiger partial charge on any atom is -0.490 e. The molecule has 2 aromatic rings. The zero-order valence-corrected chi connectivity index (χ0v) is 12.6. The summed E-state index contributed by atoms with van der Waals surface area (Å²) in [7, 11) is 0. The van der Waals surface area contributed by atoms with Gasteiger partial charge in [0, 0.05) is 16.6 Å². The Morgan fingerprint density at radius 2 is 2.05 bits per heavy atom. The normalized spacial score (nSPS) is 19.6.